The number of halogens is 1. The molecule has 0 bridgehead atoms. The van der Waals surface area contributed by atoms with Crippen LogP contribution in [0.1, 0.15) is 36.2 Å². The molecular weight excluding hydrogens is 308 g/mol. The highest BCUT2D eigenvalue weighted by Gasteiger charge is 2.48. The molecule has 3 N–H and O–H groups in total. The molecule has 1 aromatic heterocycles. The van der Waals surface area contributed by atoms with E-state index in [1.165, 1.54) is 0 Å². The average Bonchev–Trinajstić information content (AvgIpc) is 2.92. The number of imide groups is 1. The summed E-state index contributed by atoms with van der Waals surface area (Å²) in [6, 6.07) is 1.16. The lowest BCUT2D eigenvalue weighted by Gasteiger charge is -2.34. The third kappa shape index (κ3) is 2.56. The number of aromatic nitrogens is 1. The first-order chi connectivity index (χ1) is 10.4. The van der Waals surface area contributed by atoms with Crippen LogP contribution >= 0.6 is 11.6 Å². The molecule has 0 atom stereocenters. The Morgan fingerprint density at radius 3 is 2.59 bits per heavy atom. The Hall–Kier alpha value is -2.02. The fraction of sp³-hybridized carbons (Fsp3) is 0.500. The van der Waals surface area contributed by atoms with Gasteiger partial charge in [-0.15, -0.1) is 0 Å². The second-order valence-electron chi connectivity index (χ2n) is 5.89. The number of nitrogens with zero attached hydrogens (tertiary/aromatic N) is 1. The fourth-order valence-corrected chi connectivity index (χ4v) is 3.39. The SMILES string of the molecule is Cn1cc(Cl)cc1C(=O)NC1CCC2(CC1)NC(=O)NC2=O. The predicted molar refractivity (Wildman–Crippen MR) is 79.6 cm³/mol. The van der Waals surface area contributed by atoms with Gasteiger partial charge >= 0.3 is 6.03 Å². The molecule has 1 saturated carbocycles. The van der Waals surface area contributed by atoms with Crippen molar-refractivity contribution in [1.29, 1.82) is 0 Å². The van der Waals surface area contributed by atoms with E-state index in [1.54, 1.807) is 23.9 Å². The maximum Gasteiger partial charge on any atom is 0.322 e. The lowest BCUT2D eigenvalue weighted by Crippen LogP contribution is -2.52. The van der Waals surface area contributed by atoms with Crippen LogP contribution in [0.3, 0.4) is 0 Å². The molecule has 0 unspecified atom stereocenters. The monoisotopic (exact) mass is 324 g/mol. The van der Waals surface area contributed by atoms with Crippen molar-refractivity contribution in [1.82, 2.24) is 20.5 Å². The van der Waals surface area contributed by atoms with Crippen LogP contribution in [0.25, 0.3) is 0 Å². The van der Waals surface area contributed by atoms with Crippen molar-refractivity contribution in [3.63, 3.8) is 0 Å². The van der Waals surface area contributed by atoms with Gasteiger partial charge in [-0.3, -0.25) is 14.9 Å². The molecule has 4 amide bonds. The Balaban J connectivity index is 1.60. The van der Waals surface area contributed by atoms with Gasteiger partial charge < -0.3 is 15.2 Å². The second kappa shape index (κ2) is 5.31. The van der Waals surface area contributed by atoms with E-state index in [1.807, 2.05) is 0 Å². The van der Waals surface area contributed by atoms with Gasteiger partial charge in [0.1, 0.15) is 11.2 Å². The van der Waals surface area contributed by atoms with Crippen LogP contribution in [0.5, 0.6) is 0 Å². The smallest absolute Gasteiger partial charge is 0.322 e. The van der Waals surface area contributed by atoms with Crippen LogP contribution in [0.15, 0.2) is 12.3 Å². The van der Waals surface area contributed by atoms with Crippen LogP contribution < -0.4 is 16.0 Å². The maximum absolute atomic E-state index is 12.2. The van der Waals surface area contributed by atoms with Crippen LogP contribution in [0.4, 0.5) is 4.79 Å². The van der Waals surface area contributed by atoms with Crippen molar-refractivity contribution in [3.05, 3.63) is 23.0 Å². The fourth-order valence-electron chi connectivity index (χ4n) is 3.14. The summed E-state index contributed by atoms with van der Waals surface area (Å²) in [5.74, 6) is -0.452. The van der Waals surface area contributed by atoms with Crippen molar-refractivity contribution in [3.8, 4) is 0 Å². The Morgan fingerprint density at radius 2 is 2.09 bits per heavy atom. The summed E-state index contributed by atoms with van der Waals surface area (Å²) in [7, 11) is 1.76. The zero-order valence-corrected chi connectivity index (χ0v) is 12.9. The standard InChI is InChI=1S/C14H17ClN4O3/c1-19-7-8(15)6-10(19)11(20)16-9-2-4-14(5-3-9)12(21)17-13(22)18-14/h6-7,9H,2-5H2,1H3,(H,16,20)(H2,17,18,21,22). The third-order valence-corrected chi connectivity index (χ3v) is 4.60. The largest absolute Gasteiger partial charge is 0.348 e. The summed E-state index contributed by atoms with van der Waals surface area (Å²) >= 11 is 5.88. The lowest BCUT2D eigenvalue weighted by atomic mass is 9.79. The first kappa shape index (κ1) is 14.9. The summed E-state index contributed by atoms with van der Waals surface area (Å²) in [5.41, 5.74) is -0.302. The zero-order valence-electron chi connectivity index (χ0n) is 12.1. The minimum Gasteiger partial charge on any atom is -0.348 e. The number of aryl methyl sites for hydroxylation is 1. The third-order valence-electron chi connectivity index (χ3n) is 4.39. The second-order valence-corrected chi connectivity index (χ2v) is 6.33. The van der Waals surface area contributed by atoms with E-state index in [2.05, 4.69) is 16.0 Å². The summed E-state index contributed by atoms with van der Waals surface area (Å²) in [5, 5.41) is 8.45. The van der Waals surface area contributed by atoms with E-state index in [0.717, 1.165) is 0 Å². The van der Waals surface area contributed by atoms with Gasteiger partial charge in [0.2, 0.25) is 0 Å². The summed E-state index contributed by atoms with van der Waals surface area (Å²) in [6.07, 6.45) is 3.98. The van der Waals surface area contributed by atoms with Gasteiger partial charge in [-0.2, -0.15) is 0 Å². The highest BCUT2D eigenvalue weighted by Crippen LogP contribution is 2.31. The number of urea groups is 1. The van der Waals surface area contributed by atoms with Crippen molar-refractivity contribution in [2.45, 2.75) is 37.3 Å². The first-order valence-corrected chi connectivity index (χ1v) is 7.54. The maximum atomic E-state index is 12.2. The molecule has 1 aliphatic carbocycles. The van der Waals surface area contributed by atoms with Crippen LogP contribution in [-0.2, 0) is 11.8 Å². The Bertz CT molecular complexity index is 647. The quantitative estimate of drug-likeness (QED) is 0.707. The molecule has 2 aliphatic rings. The van der Waals surface area contributed by atoms with Crippen molar-refractivity contribution < 1.29 is 14.4 Å². The van der Waals surface area contributed by atoms with Gasteiger partial charge in [0.05, 0.1) is 5.02 Å². The van der Waals surface area contributed by atoms with E-state index in [4.69, 9.17) is 11.6 Å². The van der Waals surface area contributed by atoms with Gasteiger partial charge in [-0.25, -0.2) is 4.79 Å². The molecular formula is C14H17ClN4O3. The Labute approximate surface area is 132 Å². The van der Waals surface area contributed by atoms with Crippen LogP contribution in [0, 0.1) is 0 Å². The van der Waals surface area contributed by atoms with Crippen molar-refractivity contribution in [2.24, 2.45) is 7.05 Å². The summed E-state index contributed by atoms with van der Waals surface area (Å²) in [6.45, 7) is 0. The molecule has 2 fully saturated rings. The molecule has 1 aromatic rings. The summed E-state index contributed by atoms with van der Waals surface area (Å²) in [4.78, 5) is 35.4. The molecule has 1 aliphatic heterocycles. The van der Waals surface area contributed by atoms with Gasteiger partial charge in [-0.05, 0) is 31.7 Å². The molecule has 7 nitrogen and oxygen atoms in total. The zero-order chi connectivity index (χ0) is 15.9. The predicted octanol–water partition coefficient (Wildman–Crippen LogP) is 0.929. The molecule has 22 heavy (non-hydrogen) atoms. The average molecular weight is 325 g/mol. The van der Waals surface area contributed by atoms with E-state index in [0.29, 0.717) is 36.4 Å². The minimum absolute atomic E-state index is 0.0166. The number of nitrogens with one attached hydrogen (secondary N) is 3. The number of carbonyl (C=O) groups is 3. The lowest BCUT2D eigenvalue weighted by molar-refractivity contribution is -0.125. The van der Waals surface area contributed by atoms with Gasteiger partial charge in [-0.1, -0.05) is 11.6 Å². The highest BCUT2D eigenvalue weighted by molar-refractivity contribution is 6.31. The van der Waals surface area contributed by atoms with Gasteiger partial charge in [0.25, 0.3) is 11.8 Å². The molecule has 0 aromatic carbocycles. The summed E-state index contributed by atoms with van der Waals surface area (Å²) < 4.78 is 1.67. The topological polar surface area (TPSA) is 92.2 Å². The molecule has 0 radical (unpaired) electrons. The molecule has 1 saturated heterocycles. The number of rotatable bonds is 2. The number of hydrogen-bond donors (Lipinski definition) is 3. The number of hydrogen-bond acceptors (Lipinski definition) is 3. The minimum atomic E-state index is -0.799. The van der Waals surface area contributed by atoms with Crippen LogP contribution in [0.2, 0.25) is 5.02 Å². The Morgan fingerprint density at radius 1 is 1.41 bits per heavy atom. The first-order valence-electron chi connectivity index (χ1n) is 7.16. The van der Waals surface area contributed by atoms with E-state index < -0.39 is 11.6 Å². The molecule has 3 rings (SSSR count). The van der Waals surface area contributed by atoms with Crippen LogP contribution in [-0.4, -0.2) is 34.0 Å². The van der Waals surface area contributed by atoms with Gasteiger partial charge in [0, 0.05) is 19.3 Å². The van der Waals surface area contributed by atoms with E-state index in [-0.39, 0.29) is 17.9 Å². The molecule has 2 heterocycles. The van der Waals surface area contributed by atoms with Crippen molar-refractivity contribution >= 4 is 29.4 Å². The van der Waals surface area contributed by atoms with Crippen molar-refractivity contribution in [2.75, 3.05) is 0 Å². The highest BCUT2D eigenvalue weighted by atomic mass is 35.5. The van der Waals surface area contributed by atoms with E-state index >= 15 is 0 Å². The number of carbonyl (C=O) groups excluding carboxylic acids is 3. The Kier molecular flexibility index (Phi) is 3.60. The molecule has 118 valence electrons. The van der Waals surface area contributed by atoms with Gasteiger partial charge in [0.15, 0.2) is 0 Å². The molecule has 1 spiro atoms. The number of amides is 4. The normalized spacial score (nSPS) is 27.6. The van der Waals surface area contributed by atoms with E-state index in [9.17, 15) is 14.4 Å². The molecule has 8 heteroatoms.